The minimum atomic E-state index is -0.841. The molecule has 1 saturated heterocycles. The van der Waals surface area contributed by atoms with Gasteiger partial charge in [0.2, 0.25) is 0 Å². The summed E-state index contributed by atoms with van der Waals surface area (Å²) in [4.78, 5) is 32.4. The lowest BCUT2D eigenvalue weighted by Crippen LogP contribution is -2.29. The van der Waals surface area contributed by atoms with Gasteiger partial charge in [-0.25, -0.2) is 0 Å². The van der Waals surface area contributed by atoms with Crippen LogP contribution < -0.4 is 9.47 Å². The van der Waals surface area contributed by atoms with Crippen molar-refractivity contribution >= 4 is 17.4 Å². The average Bonchev–Trinajstić information content (AvgIpc) is 3.13. The number of aliphatic hydroxyl groups excluding tert-OH is 1. The molecule has 4 rings (SSSR count). The van der Waals surface area contributed by atoms with Crippen LogP contribution in [0.5, 0.6) is 11.5 Å². The summed E-state index contributed by atoms with van der Waals surface area (Å²) in [6.45, 7) is 6.28. The Morgan fingerprint density at radius 1 is 1.00 bits per heavy atom. The van der Waals surface area contributed by atoms with Crippen LogP contribution in [0.2, 0.25) is 0 Å². The molecule has 3 aromatic rings. The number of aromatic nitrogens is 1. The Morgan fingerprint density at radius 2 is 1.72 bits per heavy atom. The van der Waals surface area contributed by atoms with Crippen LogP contribution in [-0.2, 0) is 21.5 Å². The molecule has 1 aliphatic heterocycles. The molecule has 1 aliphatic rings. The zero-order chi connectivity index (χ0) is 26.0. The lowest BCUT2D eigenvalue weighted by atomic mass is 9.85. The van der Waals surface area contributed by atoms with Crippen molar-refractivity contribution in [1.82, 2.24) is 9.88 Å². The van der Waals surface area contributed by atoms with Gasteiger partial charge in [-0.3, -0.25) is 14.6 Å². The van der Waals surface area contributed by atoms with Crippen LogP contribution in [0.3, 0.4) is 0 Å². The third kappa shape index (κ3) is 4.56. The van der Waals surface area contributed by atoms with Crippen LogP contribution in [-0.4, -0.2) is 40.9 Å². The minimum absolute atomic E-state index is 0.00717. The summed E-state index contributed by atoms with van der Waals surface area (Å²) in [6.07, 6.45) is 3.22. The normalized spacial score (nSPS) is 17.4. The number of aliphatic hydroxyl groups is 1. The second-order valence-electron chi connectivity index (χ2n) is 9.69. The number of para-hydroxylation sites is 1. The van der Waals surface area contributed by atoms with Crippen LogP contribution >= 0.6 is 0 Å². The fraction of sp³-hybridized carbons (Fsp3) is 0.276. The van der Waals surface area contributed by atoms with E-state index in [4.69, 9.17) is 9.47 Å². The molecule has 0 bridgehead atoms. The maximum Gasteiger partial charge on any atom is 0.295 e. The lowest BCUT2D eigenvalue weighted by molar-refractivity contribution is -0.140. The largest absolute Gasteiger partial charge is 0.507 e. The number of methoxy groups -OCH3 is 2. The molecule has 1 fully saturated rings. The number of ether oxygens (including phenoxy) is 2. The molecule has 1 unspecified atom stereocenters. The van der Waals surface area contributed by atoms with E-state index in [1.807, 2.05) is 30.3 Å². The minimum Gasteiger partial charge on any atom is -0.507 e. The number of carbonyl (C=O) groups is 2. The topological polar surface area (TPSA) is 89.0 Å². The first-order valence-electron chi connectivity index (χ1n) is 11.7. The van der Waals surface area contributed by atoms with Gasteiger partial charge in [0.25, 0.3) is 11.7 Å². The number of Topliss-reactive ketones (excluding diaryl/α,β-unsaturated/α-hetero) is 1. The molecule has 0 spiro atoms. The SMILES string of the molecule is COc1ccccc1CN1C(=O)C(=O)/C(=C(/O)c2cc(C(C)(C)C)ccc2OC)C1c1cccnc1. The molecule has 0 aliphatic carbocycles. The van der Waals surface area contributed by atoms with E-state index in [1.54, 1.807) is 43.8 Å². The van der Waals surface area contributed by atoms with Gasteiger partial charge in [-0.2, -0.15) is 0 Å². The number of pyridine rings is 1. The molecular weight excluding hydrogens is 456 g/mol. The summed E-state index contributed by atoms with van der Waals surface area (Å²) in [7, 11) is 3.06. The fourth-order valence-electron chi connectivity index (χ4n) is 4.45. The number of benzene rings is 2. The number of rotatable bonds is 6. The van der Waals surface area contributed by atoms with Crippen molar-refractivity contribution in [3.8, 4) is 11.5 Å². The number of hydrogen-bond donors (Lipinski definition) is 1. The van der Waals surface area contributed by atoms with E-state index in [1.165, 1.54) is 12.0 Å². The maximum atomic E-state index is 13.4. The molecule has 1 N–H and O–H groups in total. The molecule has 1 amide bonds. The van der Waals surface area contributed by atoms with Crippen LogP contribution in [0.1, 0.15) is 49.1 Å². The van der Waals surface area contributed by atoms with Crippen molar-refractivity contribution in [3.63, 3.8) is 0 Å². The molecule has 7 nitrogen and oxygen atoms in total. The van der Waals surface area contributed by atoms with E-state index >= 15 is 0 Å². The molecular formula is C29H30N2O5. The highest BCUT2D eigenvalue weighted by Gasteiger charge is 2.46. The molecule has 2 heterocycles. The monoisotopic (exact) mass is 486 g/mol. The summed E-state index contributed by atoms with van der Waals surface area (Å²) in [5.74, 6) is -0.750. The molecule has 0 radical (unpaired) electrons. The van der Waals surface area contributed by atoms with Gasteiger partial charge in [0.15, 0.2) is 0 Å². The predicted molar refractivity (Wildman–Crippen MR) is 137 cm³/mol. The zero-order valence-electron chi connectivity index (χ0n) is 21.1. The average molecular weight is 487 g/mol. The Kier molecular flexibility index (Phi) is 6.84. The molecule has 36 heavy (non-hydrogen) atoms. The van der Waals surface area contributed by atoms with Gasteiger partial charge in [-0.05, 0) is 40.8 Å². The molecule has 7 heteroatoms. The molecule has 1 aromatic heterocycles. The van der Waals surface area contributed by atoms with Gasteiger partial charge in [0, 0.05) is 18.0 Å². The van der Waals surface area contributed by atoms with Crippen molar-refractivity contribution in [2.75, 3.05) is 14.2 Å². The first kappa shape index (κ1) is 25.0. The Morgan fingerprint density at radius 3 is 2.36 bits per heavy atom. The van der Waals surface area contributed by atoms with Gasteiger partial charge < -0.3 is 19.5 Å². The Labute approximate surface area is 211 Å². The Bertz CT molecular complexity index is 1320. The van der Waals surface area contributed by atoms with Gasteiger partial charge in [-0.1, -0.05) is 51.1 Å². The molecule has 1 atom stereocenters. The third-order valence-corrected chi connectivity index (χ3v) is 6.39. The molecule has 186 valence electrons. The quantitative estimate of drug-likeness (QED) is 0.299. The van der Waals surface area contributed by atoms with Crippen LogP contribution in [0.25, 0.3) is 5.76 Å². The first-order chi connectivity index (χ1) is 17.2. The van der Waals surface area contributed by atoms with E-state index in [-0.39, 0.29) is 23.3 Å². The zero-order valence-corrected chi connectivity index (χ0v) is 21.1. The van der Waals surface area contributed by atoms with Crippen molar-refractivity contribution in [1.29, 1.82) is 0 Å². The number of hydrogen-bond acceptors (Lipinski definition) is 6. The van der Waals surface area contributed by atoms with E-state index in [9.17, 15) is 14.7 Å². The van der Waals surface area contributed by atoms with Gasteiger partial charge in [0.05, 0.1) is 37.9 Å². The second-order valence-corrected chi connectivity index (χ2v) is 9.69. The van der Waals surface area contributed by atoms with Crippen molar-refractivity contribution in [3.05, 3.63) is 94.8 Å². The number of likely N-dealkylation sites (tertiary alicyclic amines) is 1. The van der Waals surface area contributed by atoms with E-state index in [2.05, 4.69) is 25.8 Å². The van der Waals surface area contributed by atoms with Crippen LogP contribution in [0, 0.1) is 0 Å². The standard InChI is InChI=1S/C29H30N2O5/c1-29(2,3)20-12-13-23(36-5)21(15-20)26(32)24-25(18-10-8-14-30-16-18)31(28(34)27(24)33)17-19-9-6-7-11-22(19)35-4/h6-16,25,32H,17H2,1-5H3/b26-24+. The predicted octanol–water partition coefficient (Wildman–Crippen LogP) is 5.02. The first-order valence-corrected chi connectivity index (χ1v) is 11.7. The summed E-state index contributed by atoms with van der Waals surface area (Å²) in [6, 6.07) is 15.5. The Hall–Kier alpha value is -4.13. The molecule has 2 aromatic carbocycles. The summed E-state index contributed by atoms with van der Waals surface area (Å²) in [5.41, 5.74) is 2.44. The smallest absolute Gasteiger partial charge is 0.295 e. The van der Waals surface area contributed by atoms with Crippen molar-refractivity contribution in [2.45, 2.75) is 38.8 Å². The maximum absolute atomic E-state index is 13.4. The van der Waals surface area contributed by atoms with E-state index < -0.39 is 17.7 Å². The van der Waals surface area contributed by atoms with Crippen molar-refractivity contribution < 1.29 is 24.2 Å². The number of nitrogens with zero attached hydrogens (tertiary/aromatic N) is 2. The van der Waals surface area contributed by atoms with Crippen LogP contribution in [0.4, 0.5) is 0 Å². The fourth-order valence-corrected chi connectivity index (χ4v) is 4.45. The lowest BCUT2D eigenvalue weighted by Gasteiger charge is -2.26. The van der Waals surface area contributed by atoms with E-state index in [0.29, 0.717) is 22.6 Å². The highest BCUT2D eigenvalue weighted by atomic mass is 16.5. The summed E-state index contributed by atoms with van der Waals surface area (Å²) < 4.78 is 11.0. The van der Waals surface area contributed by atoms with Crippen molar-refractivity contribution in [2.24, 2.45) is 0 Å². The number of carbonyl (C=O) groups excluding carboxylic acids is 2. The second kappa shape index (κ2) is 9.85. The number of ketones is 1. The Balaban J connectivity index is 1.92. The highest BCUT2D eigenvalue weighted by molar-refractivity contribution is 6.46. The summed E-state index contributed by atoms with van der Waals surface area (Å²) in [5, 5.41) is 11.6. The van der Waals surface area contributed by atoms with Crippen LogP contribution in [0.15, 0.2) is 72.6 Å². The number of amides is 1. The highest BCUT2D eigenvalue weighted by Crippen LogP contribution is 2.42. The molecule has 0 saturated carbocycles. The van der Waals surface area contributed by atoms with Gasteiger partial charge in [0.1, 0.15) is 17.3 Å². The van der Waals surface area contributed by atoms with Gasteiger partial charge >= 0.3 is 0 Å². The third-order valence-electron chi connectivity index (χ3n) is 6.39. The summed E-state index contributed by atoms with van der Waals surface area (Å²) >= 11 is 0. The van der Waals surface area contributed by atoms with Gasteiger partial charge in [-0.15, -0.1) is 0 Å². The van der Waals surface area contributed by atoms with E-state index in [0.717, 1.165) is 11.1 Å².